The van der Waals surface area contributed by atoms with Crippen molar-refractivity contribution in [2.75, 3.05) is 28.6 Å². The highest BCUT2D eigenvalue weighted by Crippen LogP contribution is 2.23. The normalized spacial score (nSPS) is 10.4. The number of hydrogen-bond acceptors (Lipinski definition) is 6. The molecule has 0 atom stereocenters. The van der Waals surface area contributed by atoms with Crippen LogP contribution in [-0.4, -0.2) is 33.9 Å². The lowest BCUT2D eigenvalue weighted by Crippen LogP contribution is -2.22. The van der Waals surface area contributed by atoms with Crippen LogP contribution < -0.4 is 15.5 Å². The molecule has 0 fully saturated rings. The Morgan fingerprint density at radius 1 is 1.07 bits per heavy atom. The monoisotopic (exact) mass is 390 g/mol. The molecule has 0 aliphatic heterocycles. The number of anilines is 3. The Bertz CT molecular complexity index is 939. The molecule has 0 spiro atoms. The van der Waals surface area contributed by atoms with Crippen LogP contribution in [0.4, 0.5) is 17.2 Å². The van der Waals surface area contributed by atoms with Gasteiger partial charge < -0.3 is 15.5 Å². The quantitative estimate of drug-likeness (QED) is 0.607. The lowest BCUT2D eigenvalue weighted by atomic mass is 10.1. The molecule has 7 heteroatoms. The van der Waals surface area contributed by atoms with E-state index in [9.17, 15) is 4.79 Å². The summed E-state index contributed by atoms with van der Waals surface area (Å²) in [5.41, 5.74) is 4.23. The van der Waals surface area contributed by atoms with Gasteiger partial charge in [0.05, 0.1) is 12.4 Å². The van der Waals surface area contributed by atoms with Crippen LogP contribution in [0.25, 0.3) is 0 Å². The largest absolute Gasteiger partial charge is 0.372 e. The van der Waals surface area contributed by atoms with Crippen LogP contribution in [0.1, 0.15) is 35.5 Å². The second-order valence-electron chi connectivity index (χ2n) is 6.63. The van der Waals surface area contributed by atoms with Crippen molar-refractivity contribution in [2.24, 2.45) is 0 Å². The standard InChI is InChI=1S/C22H26N6O/c1-4-28(5-2)18-8-9-19(16(3)11-18)27-22(29)20-14-26-21(15-24-20)25-13-17-7-6-10-23-12-17/h6-12,14-15H,4-5,13H2,1-3H3,(H,25,26)(H,27,29). The van der Waals surface area contributed by atoms with Crippen molar-refractivity contribution in [1.29, 1.82) is 0 Å². The van der Waals surface area contributed by atoms with Crippen molar-refractivity contribution in [3.63, 3.8) is 0 Å². The van der Waals surface area contributed by atoms with Gasteiger partial charge in [0, 0.05) is 43.4 Å². The van der Waals surface area contributed by atoms with E-state index in [1.807, 2.05) is 31.2 Å². The molecule has 2 aromatic heterocycles. The number of aryl methyl sites for hydroxylation is 1. The fourth-order valence-electron chi connectivity index (χ4n) is 2.99. The summed E-state index contributed by atoms with van der Waals surface area (Å²) in [4.78, 5) is 27.4. The van der Waals surface area contributed by atoms with Gasteiger partial charge in [0.15, 0.2) is 0 Å². The number of hydrogen-bond donors (Lipinski definition) is 2. The summed E-state index contributed by atoms with van der Waals surface area (Å²) in [6, 6.07) is 9.89. The number of nitrogens with one attached hydrogen (secondary N) is 2. The molecule has 1 aromatic carbocycles. The third kappa shape index (κ3) is 5.28. The number of nitrogens with zero attached hydrogens (tertiary/aromatic N) is 4. The van der Waals surface area contributed by atoms with Gasteiger partial charge in [0.25, 0.3) is 5.91 Å². The minimum atomic E-state index is -0.282. The molecule has 2 N–H and O–H groups in total. The molecule has 0 radical (unpaired) electrons. The Kier molecular flexibility index (Phi) is 6.73. The highest BCUT2D eigenvalue weighted by atomic mass is 16.1. The summed E-state index contributed by atoms with van der Waals surface area (Å²) in [5, 5.41) is 6.08. The van der Waals surface area contributed by atoms with Gasteiger partial charge in [0.2, 0.25) is 0 Å². The van der Waals surface area contributed by atoms with Gasteiger partial charge in [-0.05, 0) is 56.2 Å². The third-order valence-corrected chi connectivity index (χ3v) is 4.67. The first-order chi connectivity index (χ1) is 14.1. The number of aromatic nitrogens is 3. The minimum absolute atomic E-state index is 0.268. The second-order valence-corrected chi connectivity index (χ2v) is 6.63. The van der Waals surface area contributed by atoms with Gasteiger partial charge in [-0.1, -0.05) is 6.07 Å². The molecule has 3 aromatic rings. The second kappa shape index (κ2) is 9.64. The van der Waals surface area contributed by atoms with Crippen molar-refractivity contribution in [3.8, 4) is 0 Å². The van der Waals surface area contributed by atoms with Gasteiger partial charge in [-0.25, -0.2) is 9.97 Å². The lowest BCUT2D eigenvalue weighted by molar-refractivity contribution is 0.102. The molecule has 0 saturated heterocycles. The van der Waals surface area contributed by atoms with E-state index in [4.69, 9.17) is 0 Å². The fourth-order valence-corrected chi connectivity index (χ4v) is 2.99. The van der Waals surface area contributed by atoms with Gasteiger partial charge in [-0.2, -0.15) is 0 Å². The molecule has 0 aliphatic carbocycles. The van der Waals surface area contributed by atoms with Crippen LogP contribution in [0, 0.1) is 6.92 Å². The van der Waals surface area contributed by atoms with E-state index in [2.05, 4.69) is 50.4 Å². The van der Waals surface area contributed by atoms with Crippen molar-refractivity contribution in [1.82, 2.24) is 15.0 Å². The summed E-state index contributed by atoms with van der Waals surface area (Å²) >= 11 is 0. The number of benzene rings is 1. The molecule has 0 bridgehead atoms. The van der Waals surface area contributed by atoms with Crippen LogP contribution in [0.2, 0.25) is 0 Å². The number of pyridine rings is 1. The van der Waals surface area contributed by atoms with E-state index < -0.39 is 0 Å². The Morgan fingerprint density at radius 3 is 2.52 bits per heavy atom. The average Bonchev–Trinajstić information content (AvgIpc) is 2.76. The Balaban J connectivity index is 1.62. The van der Waals surface area contributed by atoms with Crippen LogP contribution in [0.3, 0.4) is 0 Å². The number of carbonyl (C=O) groups is 1. The van der Waals surface area contributed by atoms with Crippen LogP contribution in [0.15, 0.2) is 55.1 Å². The van der Waals surface area contributed by atoms with E-state index in [0.717, 1.165) is 35.6 Å². The zero-order valence-electron chi connectivity index (χ0n) is 17.0. The first-order valence-corrected chi connectivity index (χ1v) is 9.72. The molecule has 29 heavy (non-hydrogen) atoms. The van der Waals surface area contributed by atoms with Crippen molar-refractivity contribution in [2.45, 2.75) is 27.3 Å². The Labute approximate surface area is 171 Å². The summed E-state index contributed by atoms with van der Waals surface area (Å²) < 4.78 is 0. The van der Waals surface area contributed by atoms with Gasteiger partial charge >= 0.3 is 0 Å². The maximum atomic E-state index is 12.5. The summed E-state index contributed by atoms with van der Waals surface area (Å²) in [5.74, 6) is 0.320. The summed E-state index contributed by atoms with van der Waals surface area (Å²) in [7, 11) is 0. The molecule has 0 aliphatic rings. The molecule has 2 heterocycles. The van der Waals surface area contributed by atoms with Gasteiger partial charge in [-0.3, -0.25) is 9.78 Å². The van der Waals surface area contributed by atoms with E-state index in [0.29, 0.717) is 12.4 Å². The van der Waals surface area contributed by atoms with E-state index in [-0.39, 0.29) is 11.6 Å². The fraction of sp³-hybridized carbons (Fsp3) is 0.273. The van der Waals surface area contributed by atoms with Crippen molar-refractivity contribution < 1.29 is 4.79 Å². The van der Waals surface area contributed by atoms with Crippen molar-refractivity contribution >= 4 is 23.1 Å². The maximum absolute atomic E-state index is 12.5. The molecule has 0 unspecified atom stereocenters. The van der Waals surface area contributed by atoms with Crippen molar-refractivity contribution in [3.05, 3.63) is 71.9 Å². The molecule has 1 amide bonds. The first-order valence-electron chi connectivity index (χ1n) is 9.72. The van der Waals surface area contributed by atoms with E-state index in [1.165, 1.54) is 6.20 Å². The maximum Gasteiger partial charge on any atom is 0.275 e. The van der Waals surface area contributed by atoms with E-state index in [1.54, 1.807) is 18.6 Å². The third-order valence-electron chi connectivity index (χ3n) is 4.67. The molecular formula is C22H26N6O. The summed E-state index contributed by atoms with van der Waals surface area (Å²) in [6.45, 7) is 8.72. The minimum Gasteiger partial charge on any atom is -0.372 e. The smallest absolute Gasteiger partial charge is 0.275 e. The highest BCUT2D eigenvalue weighted by molar-refractivity contribution is 6.03. The first kappa shape index (κ1) is 20.3. The number of carbonyl (C=O) groups excluding carboxylic acids is 1. The predicted molar refractivity (Wildman–Crippen MR) is 116 cm³/mol. The molecule has 150 valence electrons. The van der Waals surface area contributed by atoms with Crippen LogP contribution in [-0.2, 0) is 6.54 Å². The lowest BCUT2D eigenvalue weighted by Gasteiger charge is -2.22. The molecule has 0 saturated carbocycles. The number of rotatable bonds is 8. The zero-order chi connectivity index (χ0) is 20.6. The highest BCUT2D eigenvalue weighted by Gasteiger charge is 2.11. The molecule has 3 rings (SSSR count). The average molecular weight is 390 g/mol. The van der Waals surface area contributed by atoms with E-state index >= 15 is 0 Å². The van der Waals surface area contributed by atoms with Crippen LogP contribution >= 0.6 is 0 Å². The zero-order valence-corrected chi connectivity index (χ0v) is 17.0. The molecule has 7 nitrogen and oxygen atoms in total. The topological polar surface area (TPSA) is 83.0 Å². The van der Waals surface area contributed by atoms with Gasteiger partial charge in [0.1, 0.15) is 11.5 Å². The van der Waals surface area contributed by atoms with Gasteiger partial charge in [-0.15, -0.1) is 0 Å². The predicted octanol–water partition coefficient (Wildman–Crippen LogP) is 3.89. The number of amides is 1. The Hall–Kier alpha value is -3.48. The molecular weight excluding hydrogens is 364 g/mol. The Morgan fingerprint density at radius 2 is 1.90 bits per heavy atom. The van der Waals surface area contributed by atoms with Crippen LogP contribution in [0.5, 0.6) is 0 Å². The SMILES string of the molecule is CCN(CC)c1ccc(NC(=O)c2cnc(NCc3cccnc3)cn2)c(C)c1. The summed E-state index contributed by atoms with van der Waals surface area (Å²) in [6.07, 6.45) is 6.55.